The van der Waals surface area contributed by atoms with Crippen LogP contribution in [0.25, 0.3) is 0 Å². The van der Waals surface area contributed by atoms with E-state index >= 15 is 0 Å². The lowest BCUT2D eigenvalue weighted by atomic mass is 9.86. The minimum Gasteiger partial charge on any atom is -0.508 e. The van der Waals surface area contributed by atoms with Crippen molar-refractivity contribution >= 4 is 11.7 Å². The van der Waals surface area contributed by atoms with Crippen molar-refractivity contribution in [2.75, 3.05) is 26.7 Å². The predicted molar refractivity (Wildman–Crippen MR) is 114 cm³/mol. The third-order valence-electron chi connectivity index (χ3n) is 6.41. The van der Waals surface area contributed by atoms with Crippen LogP contribution in [0.1, 0.15) is 30.0 Å². The second-order valence-corrected chi connectivity index (χ2v) is 8.30. The van der Waals surface area contributed by atoms with Crippen LogP contribution in [0.3, 0.4) is 0 Å². The largest absolute Gasteiger partial charge is 0.508 e. The van der Waals surface area contributed by atoms with Crippen molar-refractivity contribution in [1.29, 1.82) is 0 Å². The molecule has 0 radical (unpaired) electrons. The molecule has 1 fully saturated rings. The average Bonchev–Trinajstić information content (AvgIpc) is 3.19. The van der Waals surface area contributed by atoms with Gasteiger partial charge in [-0.2, -0.15) is 5.10 Å². The Morgan fingerprint density at radius 2 is 2.06 bits per heavy atom. The summed E-state index contributed by atoms with van der Waals surface area (Å²) in [6.45, 7) is 2.06. The molecule has 2 N–H and O–H groups in total. The topological polar surface area (TPSA) is 77.4 Å². The number of benzene rings is 2. The number of fused-ring (bicyclic) bond motifs is 3. The Hall–Kier alpha value is -3.13. The fourth-order valence-corrected chi connectivity index (χ4v) is 4.76. The number of amides is 2. The highest BCUT2D eigenvalue weighted by atomic mass is 19.1. The minimum atomic E-state index is -0.449. The monoisotopic (exact) mass is 424 g/mol. The lowest BCUT2D eigenvalue weighted by molar-refractivity contribution is 0.114. The van der Waals surface area contributed by atoms with Crippen LogP contribution in [0, 0.1) is 11.7 Å². The molecule has 7 nitrogen and oxygen atoms in total. The van der Waals surface area contributed by atoms with Gasteiger partial charge in [-0.1, -0.05) is 12.1 Å². The maximum atomic E-state index is 14.0. The highest BCUT2D eigenvalue weighted by Gasteiger charge is 2.46. The van der Waals surface area contributed by atoms with Crippen LogP contribution in [0.2, 0.25) is 0 Å². The summed E-state index contributed by atoms with van der Waals surface area (Å²) in [7, 11) is 1.81. The van der Waals surface area contributed by atoms with E-state index in [-0.39, 0.29) is 29.6 Å². The van der Waals surface area contributed by atoms with Gasteiger partial charge in [-0.3, -0.25) is 0 Å². The first kappa shape index (κ1) is 19.8. The fourth-order valence-electron chi connectivity index (χ4n) is 4.76. The van der Waals surface area contributed by atoms with Crippen molar-refractivity contribution in [3.8, 4) is 11.5 Å². The van der Waals surface area contributed by atoms with E-state index in [1.165, 1.54) is 17.1 Å². The third kappa shape index (κ3) is 3.50. The molecule has 31 heavy (non-hydrogen) atoms. The van der Waals surface area contributed by atoms with Gasteiger partial charge in [0.1, 0.15) is 17.3 Å². The van der Waals surface area contributed by atoms with Crippen LogP contribution < -0.4 is 10.1 Å². The molecule has 2 aromatic carbocycles. The second kappa shape index (κ2) is 7.85. The molecule has 5 rings (SSSR count). The number of halogens is 1. The first-order valence-corrected chi connectivity index (χ1v) is 10.6. The minimum absolute atomic E-state index is 0.119. The Balaban J connectivity index is 1.55. The average molecular weight is 424 g/mol. The number of hydrazone groups is 1. The molecule has 2 aromatic rings. The maximum Gasteiger partial charge on any atom is 0.341 e. The number of urea groups is 1. The van der Waals surface area contributed by atoms with Crippen LogP contribution in [-0.4, -0.2) is 59.5 Å². The summed E-state index contributed by atoms with van der Waals surface area (Å²) in [5, 5.41) is 19.6. The van der Waals surface area contributed by atoms with E-state index in [9.17, 15) is 14.3 Å². The van der Waals surface area contributed by atoms with Gasteiger partial charge in [0.25, 0.3) is 0 Å². The summed E-state index contributed by atoms with van der Waals surface area (Å²) in [5.74, 6) is 0.0398. The zero-order valence-corrected chi connectivity index (χ0v) is 17.3. The lowest BCUT2D eigenvalue weighted by Gasteiger charge is -2.36. The number of hydrogen-bond acceptors (Lipinski definition) is 5. The third-order valence-corrected chi connectivity index (χ3v) is 6.41. The van der Waals surface area contributed by atoms with Gasteiger partial charge in [0, 0.05) is 18.7 Å². The molecule has 2 amide bonds. The standard InChI is InChI=1S/C23H25FN4O3/c1-27(16-7-9-25-10-8-16)23(30)28-22(14-3-2-4-17(29)11-14)19-13-31-20-6-5-15(24)12-18(20)21(19)26-28/h2-6,11-12,16,19,22,25,29H,7-10,13H2,1H3. The van der Waals surface area contributed by atoms with Gasteiger partial charge in [-0.05, 0) is 61.8 Å². The molecule has 2 unspecified atom stereocenters. The number of phenolic OH excluding ortho intramolecular Hbond substituents is 1. The highest BCUT2D eigenvalue weighted by Crippen LogP contribution is 2.43. The molecule has 0 spiro atoms. The predicted octanol–water partition coefficient (Wildman–Crippen LogP) is 3.10. The van der Waals surface area contributed by atoms with Gasteiger partial charge < -0.3 is 20.1 Å². The van der Waals surface area contributed by atoms with Crippen molar-refractivity contribution in [2.45, 2.75) is 24.9 Å². The molecule has 8 heteroatoms. The molecule has 0 aliphatic carbocycles. The summed E-state index contributed by atoms with van der Waals surface area (Å²) in [5.41, 5.74) is 1.97. The number of ether oxygens (including phenoxy) is 1. The lowest BCUT2D eigenvalue weighted by Crippen LogP contribution is -2.48. The summed E-state index contributed by atoms with van der Waals surface area (Å²) < 4.78 is 19.9. The SMILES string of the molecule is CN(C(=O)N1N=C2c3cc(F)ccc3OCC2C1c1cccc(O)c1)C1CCNCC1. The molecule has 1 saturated heterocycles. The Labute approximate surface area is 180 Å². The van der Waals surface area contributed by atoms with Crippen molar-refractivity contribution < 1.29 is 19.0 Å². The number of nitrogens with one attached hydrogen (secondary N) is 1. The molecule has 3 heterocycles. The number of piperidine rings is 1. The van der Waals surface area contributed by atoms with Crippen LogP contribution in [-0.2, 0) is 0 Å². The summed E-state index contributed by atoms with van der Waals surface area (Å²) in [6, 6.07) is 10.7. The van der Waals surface area contributed by atoms with Gasteiger partial charge in [-0.25, -0.2) is 14.2 Å². The second-order valence-electron chi connectivity index (χ2n) is 8.30. The first-order chi connectivity index (χ1) is 15.0. The quantitative estimate of drug-likeness (QED) is 0.777. The summed E-state index contributed by atoms with van der Waals surface area (Å²) in [6.07, 6.45) is 1.76. The van der Waals surface area contributed by atoms with Gasteiger partial charge in [0.2, 0.25) is 0 Å². The number of nitrogens with zero attached hydrogens (tertiary/aromatic N) is 3. The van der Waals surface area contributed by atoms with E-state index in [1.807, 2.05) is 13.1 Å². The van der Waals surface area contributed by atoms with Crippen molar-refractivity contribution in [2.24, 2.45) is 11.0 Å². The number of aromatic hydroxyl groups is 1. The summed E-state index contributed by atoms with van der Waals surface area (Å²) >= 11 is 0. The summed E-state index contributed by atoms with van der Waals surface area (Å²) in [4.78, 5) is 15.3. The van der Waals surface area contributed by atoms with E-state index < -0.39 is 6.04 Å². The van der Waals surface area contributed by atoms with Crippen LogP contribution in [0.15, 0.2) is 47.6 Å². The molecule has 0 aromatic heterocycles. The molecular formula is C23H25FN4O3. The Morgan fingerprint density at radius 1 is 1.26 bits per heavy atom. The first-order valence-electron chi connectivity index (χ1n) is 10.6. The van der Waals surface area contributed by atoms with Crippen molar-refractivity contribution in [1.82, 2.24) is 15.2 Å². The van der Waals surface area contributed by atoms with Crippen LogP contribution in [0.4, 0.5) is 9.18 Å². The van der Waals surface area contributed by atoms with E-state index in [4.69, 9.17) is 9.84 Å². The van der Waals surface area contributed by atoms with E-state index in [0.29, 0.717) is 23.6 Å². The molecule has 3 aliphatic heterocycles. The molecule has 3 aliphatic rings. The Kier molecular flexibility index (Phi) is 5.02. The zero-order valence-electron chi connectivity index (χ0n) is 17.3. The van der Waals surface area contributed by atoms with Gasteiger partial charge in [0.05, 0.1) is 24.3 Å². The van der Waals surface area contributed by atoms with E-state index in [1.54, 1.807) is 29.2 Å². The Morgan fingerprint density at radius 3 is 2.84 bits per heavy atom. The Bertz CT molecular complexity index is 1040. The van der Waals surface area contributed by atoms with E-state index in [0.717, 1.165) is 31.5 Å². The van der Waals surface area contributed by atoms with Gasteiger partial charge >= 0.3 is 6.03 Å². The highest BCUT2D eigenvalue weighted by molar-refractivity contribution is 6.07. The number of hydrogen-bond donors (Lipinski definition) is 2. The molecule has 2 atom stereocenters. The number of rotatable bonds is 2. The normalized spacial score (nSPS) is 22.9. The molecule has 162 valence electrons. The number of phenols is 1. The van der Waals surface area contributed by atoms with Crippen LogP contribution >= 0.6 is 0 Å². The molecule has 0 bridgehead atoms. The van der Waals surface area contributed by atoms with Crippen molar-refractivity contribution in [3.63, 3.8) is 0 Å². The number of carbonyl (C=O) groups is 1. The van der Waals surface area contributed by atoms with Crippen molar-refractivity contribution in [3.05, 3.63) is 59.4 Å². The maximum absolute atomic E-state index is 14.0. The van der Waals surface area contributed by atoms with E-state index in [2.05, 4.69) is 5.32 Å². The molecule has 0 saturated carbocycles. The van der Waals surface area contributed by atoms with Gasteiger partial charge in [-0.15, -0.1) is 0 Å². The smallest absolute Gasteiger partial charge is 0.341 e. The zero-order chi connectivity index (χ0) is 21.5. The molecular weight excluding hydrogens is 399 g/mol. The van der Waals surface area contributed by atoms with Gasteiger partial charge in [0.15, 0.2) is 0 Å². The fraction of sp³-hybridized carbons (Fsp3) is 0.391. The van der Waals surface area contributed by atoms with Crippen LogP contribution in [0.5, 0.6) is 11.5 Å². The number of carbonyl (C=O) groups excluding carboxylic acids is 1.